The number of aromatic nitrogens is 1. The minimum absolute atomic E-state index is 0.184. The number of hydrogen-bond donors (Lipinski definition) is 1. The highest BCUT2D eigenvalue weighted by molar-refractivity contribution is 6.01. The third kappa shape index (κ3) is 8.57. The molecule has 0 bridgehead atoms. The molecule has 192 valence electrons. The molecule has 0 radical (unpaired) electrons. The van der Waals surface area contributed by atoms with Crippen LogP contribution in [0.1, 0.15) is 88.8 Å². The van der Waals surface area contributed by atoms with Crippen molar-refractivity contribution in [3.05, 3.63) is 48.7 Å². The lowest BCUT2D eigenvalue weighted by Gasteiger charge is -2.15. The first-order chi connectivity index (χ1) is 17.2. The predicted octanol–water partition coefficient (Wildman–Crippen LogP) is 7.47. The van der Waals surface area contributed by atoms with Crippen molar-refractivity contribution in [1.29, 1.82) is 0 Å². The summed E-state index contributed by atoms with van der Waals surface area (Å²) in [6, 6.07) is 6.00. The zero-order valence-electron chi connectivity index (χ0n) is 21.9. The van der Waals surface area contributed by atoms with Crippen LogP contribution in [0.4, 0.5) is 5.69 Å². The van der Waals surface area contributed by atoms with Crippen molar-refractivity contribution in [3.8, 4) is 5.75 Å². The molecule has 5 heteroatoms. The molecule has 1 aromatic heterocycles. The summed E-state index contributed by atoms with van der Waals surface area (Å²) >= 11 is 0. The first-order valence-corrected chi connectivity index (χ1v) is 13.7. The number of carbonyl (C=O) groups is 1. The first kappa shape index (κ1) is 27.1. The van der Waals surface area contributed by atoms with Gasteiger partial charge in [-0.15, -0.1) is 0 Å². The maximum Gasteiger partial charge on any atom is 0.231 e. The van der Waals surface area contributed by atoms with Crippen molar-refractivity contribution in [2.75, 3.05) is 31.8 Å². The molecule has 1 aromatic carbocycles. The Kier molecular flexibility index (Phi) is 12.0. The second-order valence-electron chi connectivity index (χ2n) is 9.56. The lowest BCUT2D eigenvalue weighted by molar-refractivity contribution is 0.0904. The van der Waals surface area contributed by atoms with Gasteiger partial charge in [-0.1, -0.05) is 63.3 Å². The SMILES string of the molecule is CCCCC/C=C\C/C=C\CCCCCCCC(=O)n1cc(N2CCNC2)c2cc(OC)ccc21. The van der Waals surface area contributed by atoms with Crippen molar-refractivity contribution in [2.24, 2.45) is 0 Å². The van der Waals surface area contributed by atoms with Crippen molar-refractivity contribution in [2.45, 2.75) is 84.0 Å². The van der Waals surface area contributed by atoms with Gasteiger partial charge in [-0.25, -0.2) is 0 Å². The number of unbranched alkanes of at least 4 members (excludes halogenated alkanes) is 8. The van der Waals surface area contributed by atoms with Gasteiger partial charge in [0.15, 0.2) is 0 Å². The van der Waals surface area contributed by atoms with Gasteiger partial charge in [-0.05, 0) is 56.7 Å². The lowest BCUT2D eigenvalue weighted by atomic mass is 10.1. The fourth-order valence-corrected chi connectivity index (χ4v) is 4.70. The van der Waals surface area contributed by atoms with E-state index >= 15 is 0 Å². The molecule has 1 fully saturated rings. The average molecular weight is 480 g/mol. The molecule has 0 atom stereocenters. The van der Waals surface area contributed by atoms with Gasteiger partial charge in [0.2, 0.25) is 5.91 Å². The van der Waals surface area contributed by atoms with Crippen LogP contribution in [0, 0.1) is 0 Å². The molecule has 0 saturated carbocycles. The van der Waals surface area contributed by atoms with Gasteiger partial charge in [-0.3, -0.25) is 14.7 Å². The van der Waals surface area contributed by atoms with Crippen LogP contribution in [0.2, 0.25) is 0 Å². The van der Waals surface area contributed by atoms with Crippen LogP contribution in [0.5, 0.6) is 5.75 Å². The quantitative estimate of drug-likeness (QED) is 0.200. The fourth-order valence-electron chi connectivity index (χ4n) is 4.70. The maximum absolute atomic E-state index is 13.1. The molecule has 0 amide bonds. The number of rotatable bonds is 16. The molecule has 5 nitrogen and oxygen atoms in total. The molecule has 35 heavy (non-hydrogen) atoms. The van der Waals surface area contributed by atoms with E-state index in [2.05, 4.69) is 41.4 Å². The molecule has 1 aliphatic rings. The van der Waals surface area contributed by atoms with E-state index in [-0.39, 0.29) is 5.91 Å². The van der Waals surface area contributed by atoms with E-state index in [9.17, 15) is 4.79 Å². The Hall–Kier alpha value is -2.53. The summed E-state index contributed by atoms with van der Waals surface area (Å²) < 4.78 is 7.29. The number of ether oxygens (including phenoxy) is 1. The number of nitrogens with one attached hydrogen (secondary N) is 1. The van der Waals surface area contributed by atoms with Crippen LogP contribution < -0.4 is 15.0 Å². The highest BCUT2D eigenvalue weighted by atomic mass is 16.5. The molecule has 2 heterocycles. The summed E-state index contributed by atoms with van der Waals surface area (Å²) in [5.74, 6) is 1.01. The number of benzene rings is 1. The number of anilines is 1. The summed E-state index contributed by atoms with van der Waals surface area (Å²) in [5.41, 5.74) is 2.08. The number of carbonyl (C=O) groups excluding carboxylic acids is 1. The Balaban J connectivity index is 1.36. The minimum Gasteiger partial charge on any atom is -0.497 e. The van der Waals surface area contributed by atoms with Gasteiger partial charge >= 0.3 is 0 Å². The zero-order chi connectivity index (χ0) is 24.7. The Morgan fingerprint density at radius 2 is 1.74 bits per heavy atom. The molecular formula is C30H45N3O2. The van der Waals surface area contributed by atoms with E-state index in [4.69, 9.17) is 4.74 Å². The molecule has 1 saturated heterocycles. The number of fused-ring (bicyclic) bond motifs is 1. The monoisotopic (exact) mass is 479 g/mol. The summed E-state index contributed by atoms with van der Waals surface area (Å²) in [4.78, 5) is 15.4. The van der Waals surface area contributed by atoms with E-state index in [0.717, 1.165) is 67.8 Å². The van der Waals surface area contributed by atoms with Crippen LogP contribution in [-0.4, -0.2) is 37.3 Å². The third-order valence-corrected chi connectivity index (χ3v) is 6.80. The van der Waals surface area contributed by atoms with Gasteiger partial charge in [0.25, 0.3) is 0 Å². The number of nitrogens with zero attached hydrogens (tertiary/aromatic N) is 2. The van der Waals surface area contributed by atoms with Gasteiger partial charge in [0, 0.05) is 31.1 Å². The molecule has 1 N–H and O–H groups in total. The van der Waals surface area contributed by atoms with Crippen LogP contribution in [0.15, 0.2) is 48.7 Å². The standard InChI is InChI=1S/C30H45N3O2/c1-3-4-5-6-7-8-9-10-11-12-13-14-15-16-17-18-30(34)33-24-29(32-22-21-31-25-32)27-23-26(35-2)19-20-28(27)33/h7-8,10-11,19-20,23-24,31H,3-6,9,12-18,21-22,25H2,1-2H3/b8-7-,11-10-. The summed E-state index contributed by atoms with van der Waals surface area (Å²) in [6.45, 7) is 4.99. The van der Waals surface area contributed by atoms with E-state index in [1.165, 1.54) is 44.9 Å². The second kappa shape index (κ2) is 15.5. The first-order valence-electron chi connectivity index (χ1n) is 13.7. The number of hydrogen-bond acceptors (Lipinski definition) is 4. The van der Waals surface area contributed by atoms with Crippen molar-refractivity contribution >= 4 is 22.5 Å². The van der Waals surface area contributed by atoms with Crippen molar-refractivity contribution in [1.82, 2.24) is 9.88 Å². The Morgan fingerprint density at radius 1 is 1.00 bits per heavy atom. The molecule has 1 aliphatic heterocycles. The minimum atomic E-state index is 0.184. The molecule has 3 rings (SSSR count). The van der Waals surface area contributed by atoms with E-state index in [0.29, 0.717) is 6.42 Å². The predicted molar refractivity (Wildman–Crippen MR) is 149 cm³/mol. The molecular weight excluding hydrogens is 434 g/mol. The molecule has 0 spiro atoms. The number of methoxy groups -OCH3 is 1. The summed E-state index contributed by atoms with van der Waals surface area (Å²) in [6.07, 6.45) is 25.0. The summed E-state index contributed by atoms with van der Waals surface area (Å²) in [7, 11) is 1.69. The summed E-state index contributed by atoms with van der Waals surface area (Å²) in [5, 5.41) is 4.46. The van der Waals surface area contributed by atoms with E-state index in [1.54, 1.807) is 7.11 Å². The Bertz CT molecular complexity index is 954. The third-order valence-electron chi connectivity index (χ3n) is 6.80. The Labute approximate surface area is 212 Å². The van der Waals surface area contributed by atoms with Crippen LogP contribution in [0.25, 0.3) is 10.9 Å². The highest BCUT2D eigenvalue weighted by Gasteiger charge is 2.20. The van der Waals surface area contributed by atoms with Crippen LogP contribution >= 0.6 is 0 Å². The lowest BCUT2D eigenvalue weighted by Crippen LogP contribution is -2.20. The van der Waals surface area contributed by atoms with E-state index < -0.39 is 0 Å². The average Bonchev–Trinajstić information content (AvgIpc) is 3.54. The smallest absolute Gasteiger partial charge is 0.231 e. The van der Waals surface area contributed by atoms with Gasteiger partial charge < -0.3 is 9.64 Å². The topological polar surface area (TPSA) is 46.5 Å². The molecule has 0 unspecified atom stereocenters. The normalized spacial score (nSPS) is 14.2. The van der Waals surface area contributed by atoms with Gasteiger partial charge in [0.1, 0.15) is 5.75 Å². The zero-order valence-corrected chi connectivity index (χ0v) is 21.9. The second-order valence-corrected chi connectivity index (χ2v) is 9.56. The van der Waals surface area contributed by atoms with Crippen LogP contribution in [0.3, 0.4) is 0 Å². The van der Waals surface area contributed by atoms with Crippen molar-refractivity contribution in [3.63, 3.8) is 0 Å². The van der Waals surface area contributed by atoms with Gasteiger partial charge in [-0.2, -0.15) is 0 Å². The van der Waals surface area contributed by atoms with E-state index in [1.807, 2.05) is 29.0 Å². The highest BCUT2D eigenvalue weighted by Crippen LogP contribution is 2.33. The Morgan fingerprint density at radius 3 is 2.46 bits per heavy atom. The van der Waals surface area contributed by atoms with Gasteiger partial charge in [0.05, 0.1) is 25.0 Å². The molecule has 2 aromatic rings. The fraction of sp³-hybridized carbons (Fsp3) is 0.567. The largest absolute Gasteiger partial charge is 0.497 e. The molecule has 0 aliphatic carbocycles. The van der Waals surface area contributed by atoms with Crippen LogP contribution in [-0.2, 0) is 0 Å². The number of allylic oxidation sites excluding steroid dienone is 4. The maximum atomic E-state index is 13.1. The van der Waals surface area contributed by atoms with Crippen molar-refractivity contribution < 1.29 is 9.53 Å².